The first-order valence-corrected chi connectivity index (χ1v) is 5.84. The quantitative estimate of drug-likeness (QED) is 0.332. The molecule has 3 N–H and O–H groups in total. The lowest BCUT2D eigenvalue weighted by atomic mass is 10.2. The van der Waals surface area contributed by atoms with Gasteiger partial charge in [-0.05, 0) is 18.6 Å². The molecule has 0 bridgehead atoms. The summed E-state index contributed by atoms with van der Waals surface area (Å²) in [4.78, 5) is 21.7. The Morgan fingerprint density at radius 2 is 2.16 bits per heavy atom. The second kappa shape index (κ2) is 7.99. The lowest BCUT2D eigenvalue weighted by molar-refractivity contribution is -0.144. The van der Waals surface area contributed by atoms with E-state index < -0.39 is 5.97 Å². The van der Waals surface area contributed by atoms with Crippen LogP contribution in [0.2, 0.25) is 0 Å². The normalized spacial score (nSPS) is 10.4. The van der Waals surface area contributed by atoms with Crippen molar-refractivity contribution < 1.29 is 14.3 Å². The number of Topliss-reactive ketones (excluding diaryl/α,β-unsaturated/α-hetero) is 1. The third-order valence-corrected chi connectivity index (χ3v) is 2.23. The van der Waals surface area contributed by atoms with Crippen LogP contribution in [0.15, 0.2) is 29.4 Å². The highest BCUT2D eigenvalue weighted by molar-refractivity contribution is 5.94. The molecule has 0 aromatic heterocycles. The highest BCUT2D eigenvalue weighted by Gasteiger charge is 2.04. The molecule has 0 amide bonds. The number of para-hydroxylation sites is 1. The maximum absolute atomic E-state index is 11.0. The molecule has 0 aliphatic carbocycles. The molecule has 0 saturated heterocycles. The molecular formula is C13H17N3O3. The summed E-state index contributed by atoms with van der Waals surface area (Å²) < 4.78 is 4.77. The summed E-state index contributed by atoms with van der Waals surface area (Å²) in [5.74, 6) is -0.779. The average molecular weight is 263 g/mol. The van der Waals surface area contributed by atoms with E-state index in [0.29, 0.717) is 6.54 Å². The number of esters is 1. The number of benzene rings is 1. The Morgan fingerprint density at radius 3 is 2.84 bits per heavy atom. The number of hydrogen-bond donors (Lipinski definition) is 2. The first kappa shape index (κ1) is 14.8. The second-order valence-electron chi connectivity index (χ2n) is 3.85. The summed E-state index contributed by atoms with van der Waals surface area (Å²) in [6, 6.07) is 7.50. The molecule has 0 saturated carbocycles. The molecule has 1 rings (SSSR count). The van der Waals surface area contributed by atoms with E-state index in [1.165, 1.54) is 13.1 Å². The fourth-order valence-electron chi connectivity index (χ4n) is 1.34. The van der Waals surface area contributed by atoms with Crippen LogP contribution < -0.4 is 11.2 Å². The highest BCUT2D eigenvalue weighted by Crippen LogP contribution is 2.13. The second-order valence-corrected chi connectivity index (χ2v) is 3.85. The topological polar surface area (TPSA) is 93.8 Å². The minimum absolute atomic E-state index is 0.0178. The number of hydrogen-bond acceptors (Lipinski definition) is 6. The Morgan fingerprint density at radius 1 is 1.42 bits per heavy atom. The van der Waals surface area contributed by atoms with Gasteiger partial charge in [0.15, 0.2) is 0 Å². The first-order chi connectivity index (χ1) is 9.13. The third-order valence-electron chi connectivity index (χ3n) is 2.23. The van der Waals surface area contributed by atoms with Crippen molar-refractivity contribution in [3.05, 3.63) is 29.8 Å². The van der Waals surface area contributed by atoms with Crippen LogP contribution in [-0.4, -0.2) is 24.6 Å². The molecule has 0 radical (unpaired) electrons. The smallest absolute Gasteiger partial charge is 0.313 e. The van der Waals surface area contributed by atoms with Gasteiger partial charge in [-0.15, -0.1) is 0 Å². The lowest BCUT2D eigenvalue weighted by Crippen LogP contribution is -2.10. The Kier molecular flexibility index (Phi) is 6.25. The van der Waals surface area contributed by atoms with Crippen LogP contribution in [0.3, 0.4) is 0 Å². The van der Waals surface area contributed by atoms with Crippen LogP contribution in [0, 0.1) is 0 Å². The number of rotatable bonds is 7. The maximum Gasteiger partial charge on any atom is 0.313 e. The molecule has 0 spiro atoms. The molecule has 0 fully saturated rings. The van der Waals surface area contributed by atoms with Crippen molar-refractivity contribution >= 4 is 23.7 Å². The predicted octanol–water partition coefficient (Wildman–Crippen LogP) is 1.07. The standard InChI is InChI=1S/C13H17N3O3/c1-10(17)8-13(18)19-7-6-15-16-12-5-3-2-4-11(12)9-14/h2-6,16H,7-9,14H2,1H3/b15-6-. The number of carbonyl (C=O) groups is 2. The molecule has 0 unspecified atom stereocenters. The minimum atomic E-state index is -0.554. The maximum atomic E-state index is 11.0. The number of nitrogens with zero attached hydrogens (tertiary/aromatic N) is 1. The number of anilines is 1. The Balaban J connectivity index is 2.34. The van der Waals surface area contributed by atoms with E-state index >= 15 is 0 Å². The fourth-order valence-corrected chi connectivity index (χ4v) is 1.34. The number of carbonyl (C=O) groups excluding carboxylic acids is 2. The molecule has 0 aliphatic rings. The van der Waals surface area contributed by atoms with Crippen LogP contribution in [0.25, 0.3) is 0 Å². The van der Waals surface area contributed by atoms with Crippen molar-refractivity contribution in [2.45, 2.75) is 19.9 Å². The molecule has 1 aromatic carbocycles. The summed E-state index contributed by atoms with van der Waals surface area (Å²) in [5.41, 5.74) is 10.1. The molecule has 0 aliphatic heterocycles. The largest absolute Gasteiger partial charge is 0.459 e. The van der Waals surface area contributed by atoms with Gasteiger partial charge in [0, 0.05) is 6.54 Å². The number of ether oxygens (including phenoxy) is 1. The van der Waals surface area contributed by atoms with Crippen LogP contribution in [0.1, 0.15) is 18.9 Å². The van der Waals surface area contributed by atoms with E-state index in [1.807, 2.05) is 24.3 Å². The fraction of sp³-hybridized carbons (Fsp3) is 0.308. The molecule has 6 nitrogen and oxygen atoms in total. The van der Waals surface area contributed by atoms with Crippen molar-refractivity contribution in [2.24, 2.45) is 10.8 Å². The van der Waals surface area contributed by atoms with E-state index in [2.05, 4.69) is 10.5 Å². The molecule has 0 atom stereocenters. The van der Waals surface area contributed by atoms with Crippen molar-refractivity contribution in [2.75, 3.05) is 12.0 Å². The SMILES string of the molecule is CC(=O)CC(=O)OC/C=N\Nc1ccccc1CN. The van der Waals surface area contributed by atoms with Gasteiger partial charge in [-0.25, -0.2) is 0 Å². The van der Waals surface area contributed by atoms with E-state index in [0.717, 1.165) is 11.3 Å². The van der Waals surface area contributed by atoms with Crippen molar-refractivity contribution in [1.29, 1.82) is 0 Å². The van der Waals surface area contributed by atoms with Gasteiger partial charge in [0.05, 0.1) is 11.9 Å². The summed E-state index contributed by atoms with van der Waals surface area (Å²) in [7, 11) is 0. The Hall–Kier alpha value is -2.21. The molecule has 0 heterocycles. The number of nitrogens with two attached hydrogens (primary N) is 1. The van der Waals surface area contributed by atoms with Gasteiger partial charge >= 0.3 is 5.97 Å². The number of nitrogens with one attached hydrogen (secondary N) is 1. The predicted molar refractivity (Wildman–Crippen MR) is 72.7 cm³/mol. The van der Waals surface area contributed by atoms with E-state index in [-0.39, 0.29) is 18.8 Å². The molecule has 19 heavy (non-hydrogen) atoms. The van der Waals surface area contributed by atoms with Gasteiger partial charge in [0.25, 0.3) is 0 Å². The molecule has 1 aromatic rings. The van der Waals surface area contributed by atoms with Gasteiger partial charge in [0.2, 0.25) is 0 Å². The zero-order valence-corrected chi connectivity index (χ0v) is 10.8. The monoisotopic (exact) mass is 263 g/mol. The average Bonchev–Trinajstić information content (AvgIpc) is 2.38. The number of hydrazone groups is 1. The van der Waals surface area contributed by atoms with Gasteiger partial charge in [-0.2, -0.15) is 5.10 Å². The Labute approximate surface area is 111 Å². The van der Waals surface area contributed by atoms with Crippen molar-refractivity contribution in [3.8, 4) is 0 Å². The van der Waals surface area contributed by atoms with Crippen LogP contribution in [0.5, 0.6) is 0 Å². The molecular weight excluding hydrogens is 246 g/mol. The zero-order valence-electron chi connectivity index (χ0n) is 10.8. The van der Waals surface area contributed by atoms with Crippen LogP contribution >= 0.6 is 0 Å². The van der Waals surface area contributed by atoms with E-state index in [4.69, 9.17) is 10.5 Å². The summed E-state index contributed by atoms with van der Waals surface area (Å²) in [6.45, 7) is 1.76. The van der Waals surface area contributed by atoms with Crippen molar-refractivity contribution in [3.63, 3.8) is 0 Å². The van der Waals surface area contributed by atoms with Gasteiger partial charge < -0.3 is 10.5 Å². The number of ketones is 1. The summed E-state index contributed by atoms with van der Waals surface area (Å²) in [5, 5.41) is 3.91. The van der Waals surface area contributed by atoms with E-state index in [1.54, 1.807) is 0 Å². The molecule has 6 heteroatoms. The van der Waals surface area contributed by atoms with Gasteiger partial charge in [0.1, 0.15) is 18.8 Å². The lowest BCUT2D eigenvalue weighted by Gasteiger charge is -2.05. The first-order valence-electron chi connectivity index (χ1n) is 5.84. The van der Waals surface area contributed by atoms with Gasteiger partial charge in [-0.1, -0.05) is 18.2 Å². The van der Waals surface area contributed by atoms with Gasteiger partial charge in [-0.3, -0.25) is 15.0 Å². The third kappa shape index (κ3) is 5.78. The summed E-state index contributed by atoms with van der Waals surface area (Å²) in [6.07, 6.45) is 1.20. The highest BCUT2D eigenvalue weighted by atomic mass is 16.5. The zero-order chi connectivity index (χ0) is 14.1. The van der Waals surface area contributed by atoms with Crippen LogP contribution in [-0.2, 0) is 20.9 Å². The summed E-state index contributed by atoms with van der Waals surface area (Å²) >= 11 is 0. The molecule has 102 valence electrons. The minimum Gasteiger partial charge on any atom is -0.459 e. The van der Waals surface area contributed by atoms with E-state index in [9.17, 15) is 9.59 Å². The van der Waals surface area contributed by atoms with Crippen molar-refractivity contribution in [1.82, 2.24) is 0 Å². The van der Waals surface area contributed by atoms with Crippen LogP contribution in [0.4, 0.5) is 5.69 Å². The Bertz CT molecular complexity index is 472.